The number of phosphoric ester groups is 2. The molecule has 0 saturated carbocycles. The summed E-state index contributed by atoms with van der Waals surface area (Å²) in [5.41, 5.74) is 0. The summed E-state index contributed by atoms with van der Waals surface area (Å²) >= 11 is 0. The molecule has 0 unspecified atom stereocenters. The van der Waals surface area contributed by atoms with E-state index < -0.39 is 15.6 Å². The average Bonchev–Trinajstić information content (AvgIpc) is 2.36. The Kier molecular flexibility index (Phi) is 15.5. The van der Waals surface area contributed by atoms with Crippen molar-refractivity contribution in [1.29, 1.82) is 0 Å². The number of phosphoric acid groups is 2. The van der Waals surface area contributed by atoms with E-state index in [0.717, 1.165) is 25.7 Å². The van der Waals surface area contributed by atoms with E-state index in [-0.39, 0.29) is 19.8 Å². The summed E-state index contributed by atoms with van der Waals surface area (Å²) in [4.78, 5) is 25.2. The standard InChI is InChI=1S/C8H19O4P.C3H9O4P/c1-3-5-7-11-13(9,10)12-8-6-4-2;1-2-3-7-8(4,5)6/h3-8H2,1-2H3,(H,9,10);2-3H2,1H3,(H2,4,5,6). The van der Waals surface area contributed by atoms with Crippen molar-refractivity contribution in [2.24, 2.45) is 0 Å². The van der Waals surface area contributed by atoms with Crippen LogP contribution in [0.1, 0.15) is 52.9 Å². The first-order valence-corrected chi connectivity index (χ1v) is 10.0. The van der Waals surface area contributed by atoms with Crippen LogP contribution in [0.5, 0.6) is 0 Å². The zero-order valence-electron chi connectivity index (χ0n) is 12.9. The summed E-state index contributed by atoms with van der Waals surface area (Å²) in [7, 11) is -7.93. The van der Waals surface area contributed by atoms with Crippen molar-refractivity contribution < 1.29 is 37.4 Å². The van der Waals surface area contributed by atoms with Gasteiger partial charge < -0.3 is 14.7 Å². The van der Waals surface area contributed by atoms with Crippen molar-refractivity contribution in [3.8, 4) is 0 Å². The summed E-state index contributed by atoms with van der Waals surface area (Å²) < 4.78 is 34.4. The molecule has 130 valence electrons. The molecule has 0 bridgehead atoms. The predicted molar refractivity (Wildman–Crippen MR) is 79.8 cm³/mol. The van der Waals surface area contributed by atoms with E-state index in [1.54, 1.807) is 6.92 Å². The highest BCUT2D eigenvalue weighted by atomic mass is 31.2. The Morgan fingerprint density at radius 1 is 0.714 bits per heavy atom. The maximum atomic E-state index is 11.1. The Labute approximate surface area is 126 Å². The Balaban J connectivity index is 0. The number of rotatable bonds is 11. The third-order valence-corrected chi connectivity index (χ3v) is 3.50. The normalized spacial score (nSPS) is 11.9. The first kappa shape index (κ1) is 23.5. The first-order chi connectivity index (χ1) is 9.68. The Bertz CT molecular complexity index is 303. The highest BCUT2D eigenvalue weighted by molar-refractivity contribution is 7.47. The van der Waals surface area contributed by atoms with Crippen LogP contribution in [-0.2, 0) is 22.7 Å². The van der Waals surface area contributed by atoms with Crippen LogP contribution in [0.3, 0.4) is 0 Å². The van der Waals surface area contributed by atoms with Crippen molar-refractivity contribution in [3.63, 3.8) is 0 Å². The van der Waals surface area contributed by atoms with Gasteiger partial charge in [-0.25, -0.2) is 9.13 Å². The minimum absolute atomic E-state index is 0.115. The monoisotopic (exact) mass is 350 g/mol. The fourth-order valence-corrected chi connectivity index (χ4v) is 2.11. The predicted octanol–water partition coefficient (Wildman–Crippen LogP) is 3.23. The summed E-state index contributed by atoms with van der Waals surface area (Å²) in [6.07, 6.45) is 4.05. The molecule has 0 atom stereocenters. The van der Waals surface area contributed by atoms with Gasteiger partial charge in [-0.05, 0) is 19.3 Å². The molecule has 0 spiro atoms. The molecule has 0 amide bonds. The van der Waals surface area contributed by atoms with Crippen LogP contribution in [0.4, 0.5) is 0 Å². The SMILES string of the molecule is CCCCOP(=O)(O)OCCCC.CCCOP(=O)(O)O. The Morgan fingerprint density at radius 3 is 1.38 bits per heavy atom. The molecular weight excluding hydrogens is 322 g/mol. The first-order valence-electron chi connectivity index (χ1n) is 7.00. The summed E-state index contributed by atoms with van der Waals surface area (Å²) in [6, 6.07) is 0. The highest BCUT2D eigenvalue weighted by Gasteiger charge is 2.19. The Morgan fingerprint density at radius 2 is 1.14 bits per heavy atom. The van der Waals surface area contributed by atoms with Crippen molar-refractivity contribution in [3.05, 3.63) is 0 Å². The van der Waals surface area contributed by atoms with Gasteiger partial charge >= 0.3 is 15.6 Å². The van der Waals surface area contributed by atoms with Crippen LogP contribution >= 0.6 is 15.6 Å². The number of hydrogen-bond donors (Lipinski definition) is 3. The lowest BCUT2D eigenvalue weighted by molar-refractivity contribution is 0.146. The van der Waals surface area contributed by atoms with Crippen molar-refractivity contribution in [2.45, 2.75) is 52.9 Å². The minimum atomic E-state index is -4.18. The van der Waals surface area contributed by atoms with Gasteiger partial charge in [0, 0.05) is 0 Å². The lowest BCUT2D eigenvalue weighted by atomic mass is 10.4. The van der Waals surface area contributed by atoms with E-state index >= 15 is 0 Å². The summed E-state index contributed by atoms with van der Waals surface area (Å²) in [5.74, 6) is 0. The zero-order valence-corrected chi connectivity index (χ0v) is 14.7. The van der Waals surface area contributed by atoms with Crippen LogP contribution in [0.2, 0.25) is 0 Å². The molecule has 0 saturated heterocycles. The largest absolute Gasteiger partial charge is 0.472 e. The van der Waals surface area contributed by atoms with E-state index in [1.807, 2.05) is 13.8 Å². The molecule has 0 radical (unpaired) electrons. The summed E-state index contributed by atoms with van der Waals surface area (Å²) in [6.45, 7) is 6.44. The van der Waals surface area contributed by atoms with E-state index in [4.69, 9.17) is 23.7 Å². The minimum Gasteiger partial charge on any atom is -0.303 e. The van der Waals surface area contributed by atoms with Gasteiger partial charge in [-0.15, -0.1) is 0 Å². The molecule has 3 N–H and O–H groups in total. The molecule has 8 nitrogen and oxygen atoms in total. The van der Waals surface area contributed by atoms with Crippen LogP contribution in [0, 0.1) is 0 Å². The van der Waals surface area contributed by atoms with Gasteiger partial charge in [0.15, 0.2) is 0 Å². The van der Waals surface area contributed by atoms with Crippen LogP contribution < -0.4 is 0 Å². The quantitative estimate of drug-likeness (QED) is 0.383. The van der Waals surface area contributed by atoms with Gasteiger partial charge in [-0.2, -0.15) is 0 Å². The fraction of sp³-hybridized carbons (Fsp3) is 1.00. The smallest absolute Gasteiger partial charge is 0.303 e. The topological polar surface area (TPSA) is 123 Å². The third-order valence-electron chi connectivity index (χ3n) is 1.97. The third kappa shape index (κ3) is 22.6. The van der Waals surface area contributed by atoms with Gasteiger partial charge in [0.05, 0.1) is 19.8 Å². The molecule has 0 fully saturated rings. The van der Waals surface area contributed by atoms with Crippen LogP contribution in [-0.4, -0.2) is 34.5 Å². The van der Waals surface area contributed by atoms with Crippen molar-refractivity contribution >= 4 is 15.6 Å². The molecular formula is C11H28O8P2. The molecule has 0 aliphatic heterocycles. The van der Waals surface area contributed by atoms with E-state index in [9.17, 15) is 9.13 Å². The van der Waals surface area contributed by atoms with Gasteiger partial charge in [-0.1, -0.05) is 33.6 Å². The maximum absolute atomic E-state index is 11.1. The van der Waals surface area contributed by atoms with Crippen LogP contribution in [0.25, 0.3) is 0 Å². The van der Waals surface area contributed by atoms with Crippen LogP contribution in [0.15, 0.2) is 0 Å². The second-order valence-corrected chi connectivity index (χ2v) is 6.86. The van der Waals surface area contributed by atoms with Crippen molar-refractivity contribution in [1.82, 2.24) is 0 Å². The Hall–Kier alpha value is 0.220. The van der Waals surface area contributed by atoms with E-state index in [1.165, 1.54) is 0 Å². The van der Waals surface area contributed by atoms with Gasteiger partial charge in [0.25, 0.3) is 0 Å². The molecule has 0 aromatic carbocycles. The molecule has 0 aliphatic carbocycles. The van der Waals surface area contributed by atoms with Crippen molar-refractivity contribution in [2.75, 3.05) is 19.8 Å². The molecule has 10 heteroatoms. The molecule has 0 rings (SSSR count). The lowest BCUT2D eigenvalue weighted by Gasteiger charge is -2.10. The lowest BCUT2D eigenvalue weighted by Crippen LogP contribution is -1.98. The maximum Gasteiger partial charge on any atom is 0.472 e. The van der Waals surface area contributed by atoms with Gasteiger partial charge in [-0.3, -0.25) is 13.6 Å². The van der Waals surface area contributed by atoms with Gasteiger partial charge in [0.1, 0.15) is 0 Å². The number of unbranched alkanes of at least 4 members (excludes halogenated alkanes) is 2. The zero-order chi connectivity index (χ0) is 16.8. The number of hydrogen-bond acceptors (Lipinski definition) is 5. The second kappa shape index (κ2) is 13.9. The van der Waals surface area contributed by atoms with Gasteiger partial charge in [0.2, 0.25) is 0 Å². The summed E-state index contributed by atoms with van der Waals surface area (Å²) in [5, 5.41) is 0. The molecule has 0 aromatic heterocycles. The van der Waals surface area contributed by atoms with E-state index in [2.05, 4.69) is 4.52 Å². The highest BCUT2D eigenvalue weighted by Crippen LogP contribution is 2.43. The fourth-order valence-electron chi connectivity index (χ4n) is 0.896. The molecule has 0 aliphatic rings. The second-order valence-electron chi connectivity index (χ2n) is 4.17. The molecule has 21 heavy (non-hydrogen) atoms. The molecule has 0 aromatic rings. The molecule has 0 heterocycles. The van der Waals surface area contributed by atoms with E-state index in [0.29, 0.717) is 6.42 Å². The average molecular weight is 350 g/mol.